The zero-order chi connectivity index (χ0) is 19.7. The van der Waals surface area contributed by atoms with Gasteiger partial charge in [-0.15, -0.1) is 0 Å². The first kappa shape index (κ1) is 18.7. The molecule has 4 rings (SSSR count). The molecule has 1 amide bonds. The van der Waals surface area contributed by atoms with Crippen LogP contribution in [0.1, 0.15) is 38.3 Å². The quantitative estimate of drug-likeness (QED) is 0.682. The molecule has 146 valence electrons. The molecular weight excluding hydrogens is 376 g/mol. The Hall–Kier alpha value is -2.60. The van der Waals surface area contributed by atoms with Crippen molar-refractivity contribution in [1.82, 2.24) is 20.5 Å². The monoisotopic (exact) mass is 398 g/mol. The maximum absolute atomic E-state index is 11.3. The van der Waals surface area contributed by atoms with Crippen molar-refractivity contribution in [2.45, 2.75) is 51.7 Å². The first-order chi connectivity index (χ1) is 13.5. The zero-order valence-electron chi connectivity index (χ0n) is 16.0. The lowest BCUT2D eigenvalue weighted by molar-refractivity contribution is -0.120. The largest absolute Gasteiger partial charge is 0.490 e. The molecule has 0 unspecified atom stereocenters. The van der Waals surface area contributed by atoms with E-state index in [1.54, 1.807) is 19.3 Å². The van der Waals surface area contributed by atoms with E-state index in [-0.39, 0.29) is 18.1 Å². The first-order valence-corrected chi connectivity index (χ1v) is 9.91. The van der Waals surface area contributed by atoms with Gasteiger partial charge in [0.2, 0.25) is 5.91 Å². The van der Waals surface area contributed by atoms with Crippen molar-refractivity contribution >= 4 is 28.4 Å². The number of nitrogens with one attached hydrogen (secondary N) is 2. The average molecular weight is 399 g/mol. The lowest BCUT2D eigenvalue weighted by atomic mass is 9.92. The van der Waals surface area contributed by atoms with Gasteiger partial charge in [-0.2, -0.15) is 5.10 Å². The van der Waals surface area contributed by atoms with E-state index in [1.807, 2.05) is 25.1 Å². The summed E-state index contributed by atoms with van der Waals surface area (Å²) in [6.07, 6.45) is 7.14. The second kappa shape index (κ2) is 7.80. The molecule has 2 N–H and O–H groups in total. The summed E-state index contributed by atoms with van der Waals surface area (Å²) in [6.45, 7) is 3.56. The summed E-state index contributed by atoms with van der Waals surface area (Å²) in [5.41, 5.74) is 3.68. The molecule has 1 aliphatic rings. The molecular formula is C21H23ClN4O2. The van der Waals surface area contributed by atoms with Crippen LogP contribution < -0.4 is 10.1 Å². The lowest BCUT2D eigenvalue weighted by Gasteiger charge is -2.29. The number of amides is 1. The van der Waals surface area contributed by atoms with Gasteiger partial charge in [0.05, 0.1) is 22.0 Å². The molecule has 2 heterocycles. The molecule has 0 atom stereocenters. The normalized spacial score (nSPS) is 19.5. The number of hydrogen-bond acceptors (Lipinski definition) is 4. The summed E-state index contributed by atoms with van der Waals surface area (Å²) in [5, 5.41) is 12.1. The number of carbonyl (C=O) groups excluding carboxylic acids is 1. The second-order valence-electron chi connectivity index (χ2n) is 7.36. The summed E-state index contributed by atoms with van der Waals surface area (Å²) < 4.78 is 6.43. The van der Waals surface area contributed by atoms with Crippen molar-refractivity contribution in [2.24, 2.45) is 0 Å². The predicted molar refractivity (Wildman–Crippen MR) is 110 cm³/mol. The summed E-state index contributed by atoms with van der Waals surface area (Å²) in [5.74, 6) is 0.844. The van der Waals surface area contributed by atoms with Crippen molar-refractivity contribution < 1.29 is 9.53 Å². The van der Waals surface area contributed by atoms with Crippen molar-refractivity contribution in [3.63, 3.8) is 0 Å². The molecule has 7 heteroatoms. The molecule has 1 aliphatic carbocycles. The van der Waals surface area contributed by atoms with Crippen LogP contribution in [0.4, 0.5) is 0 Å². The van der Waals surface area contributed by atoms with Gasteiger partial charge in [-0.05, 0) is 56.4 Å². The Balaban J connectivity index is 1.62. The maximum Gasteiger partial charge on any atom is 0.217 e. The highest BCUT2D eigenvalue weighted by molar-refractivity contribution is 6.33. The van der Waals surface area contributed by atoms with Gasteiger partial charge in [0.1, 0.15) is 5.75 Å². The molecule has 1 saturated carbocycles. The fourth-order valence-electron chi connectivity index (χ4n) is 3.92. The number of benzene rings is 1. The fraction of sp³-hybridized carbons (Fsp3) is 0.381. The average Bonchev–Trinajstić information content (AvgIpc) is 3.04. The molecule has 0 saturated heterocycles. The third kappa shape index (κ3) is 3.83. The van der Waals surface area contributed by atoms with Gasteiger partial charge in [0.25, 0.3) is 0 Å². The Morgan fingerprint density at radius 1 is 1.29 bits per heavy atom. The third-order valence-corrected chi connectivity index (χ3v) is 5.56. The topological polar surface area (TPSA) is 79.9 Å². The SMILES string of the molecule is CC(=O)NC1CCC(Oc2cc(-c3ccncc3Cl)cc3n[nH]c(C)c23)CC1. The van der Waals surface area contributed by atoms with E-state index >= 15 is 0 Å². The van der Waals surface area contributed by atoms with Crippen LogP contribution in [0.15, 0.2) is 30.6 Å². The van der Waals surface area contributed by atoms with E-state index < -0.39 is 0 Å². The molecule has 28 heavy (non-hydrogen) atoms. The molecule has 0 aliphatic heterocycles. The molecule has 0 radical (unpaired) electrons. The molecule has 2 aromatic heterocycles. The van der Waals surface area contributed by atoms with Gasteiger partial charge in [0.15, 0.2) is 0 Å². The van der Waals surface area contributed by atoms with E-state index in [2.05, 4.69) is 20.5 Å². The number of pyridine rings is 1. The van der Waals surface area contributed by atoms with E-state index in [9.17, 15) is 4.79 Å². The number of hydrogen-bond donors (Lipinski definition) is 2. The number of aromatic nitrogens is 3. The van der Waals surface area contributed by atoms with Crippen molar-refractivity contribution in [3.8, 4) is 16.9 Å². The summed E-state index contributed by atoms with van der Waals surface area (Å²) >= 11 is 6.35. The minimum Gasteiger partial charge on any atom is -0.490 e. The van der Waals surface area contributed by atoms with Crippen molar-refractivity contribution in [1.29, 1.82) is 0 Å². The number of fused-ring (bicyclic) bond motifs is 1. The van der Waals surface area contributed by atoms with Crippen LogP contribution >= 0.6 is 11.6 Å². The van der Waals surface area contributed by atoms with E-state index in [4.69, 9.17) is 16.3 Å². The van der Waals surface area contributed by atoms with Crippen LogP contribution in [0.3, 0.4) is 0 Å². The summed E-state index contributed by atoms with van der Waals surface area (Å²) in [7, 11) is 0. The number of aryl methyl sites for hydroxylation is 1. The first-order valence-electron chi connectivity index (χ1n) is 9.53. The van der Waals surface area contributed by atoms with Gasteiger partial charge >= 0.3 is 0 Å². The highest BCUT2D eigenvalue weighted by atomic mass is 35.5. The van der Waals surface area contributed by atoms with Crippen LogP contribution in [-0.2, 0) is 4.79 Å². The third-order valence-electron chi connectivity index (χ3n) is 5.26. The number of carbonyl (C=O) groups is 1. The smallest absolute Gasteiger partial charge is 0.217 e. The fourth-order valence-corrected chi connectivity index (χ4v) is 4.14. The molecule has 1 aromatic carbocycles. The predicted octanol–water partition coefficient (Wildman–Crippen LogP) is 4.41. The Labute approximate surface area is 168 Å². The van der Waals surface area contributed by atoms with E-state index in [0.717, 1.165) is 59.2 Å². The highest BCUT2D eigenvalue weighted by Gasteiger charge is 2.24. The molecule has 6 nitrogen and oxygen atoms in total. The van der Waals surface area contributed by atoms with Gasteiger partial charge in [-0.3, -0.25) is 14.9 Å². The number of halogens is 1. The molecule has 1 fully saturated rings. The van der Waals surface area contributed by atoms with Crippen LogP contribution in [0.5, 0.6) is 5.75 Å². The minimum atomic E-state index is 0.0297. The zero-order valence-corrected chi connectivity index (χ0v) is 16.7. The van der Waals surface area contributed by atoms with Gasteiger partial charge in [-0.25, -0.2) is 0 Å². The lowest BCUT2D eigenvalue weighted by Crippen LogP contribution is -2.38. The summed E-state index contributed by atoms with van der Waals surface area (Å²) in [6, 6.07) is 6.19. The van der Waals surface area contributed by atoms with Crippen LogP contribution in [0.2, 0.25) is 5.02 Å². The summed E-state index contributed by atoms with van der Waals surface area (Å²) in [4.78, 5) is 15.3. The minimum absolute atomic E-state index is 0.0297. The standard InChI is InChI=1S/C21H23ClN4O2/c1-12-21-19(26-25-12)9-14(17-7-8-23-11-18(17)22)10-20(21)28-16-5-3-15(4-6-16)24-13(2)27/h7-11,15-16H,3-6H2,1-2H3,(H,24,27)(H,25,26). The number of H-pyrrole nitrogens is 1. The number of ether oxygens (including phenoxy) is 1. The Morgan fingerprint density at radius 3 is 2.79 bits per heavy atom. The van der Waals surface area contributed by atoms with E-state index in [0.29, 0.717) is 5.02 Å². The van der Waals surface area contributed by atoms with Gasteiger partial charge in [0, 0.05) is 36.6 Å². The van der Waals surface area contributed by atoms with Crippen LogP contribution in [0, 0.1) is 6.92 Å². The van der Waals surface area contributed by atoms with Crippen molar-refractivity contribution in [3.05, 3.63) is 41.3 Å². The van der Waals surface area contributed by atoms with Crippen molar-refractivity contribution in [2.75, 3.05) is 0 Å². The molecule has 0 spiro atoms. The van der Waals surface area contributed by atoms with E-state index in [1.165, 1.54) is 0 Å². The Kier molecular flexibility index (Phi) is 5.22. The highest BCUT2D eigenvalue weighted by Crippen LogP contribution is 2.37. The number of aromatic amines is 1. The van der Waals surface area contributed by atoms with Crippen LogP contribution in [0.25, 0.3) is 22.0 Å². The van der Waals surface area contributed by atoms with Crippen LogP contribution in [-0.4, -0.2) is 33.2 Å². The number of rotatable bonds is 4. The molecule has 3 aromatic rings. The van der Waals surface area contributed by atoms with Gasteiger partial charge in [-0.1, -0.05) is 11.6 Å². The van der Waals surface area contributed by atoms with Gasteiger partial charge < -0.3 is 10.1 Å². The Morgan fingerprint density at radius 2 is 2.07 bits per heavy atom. The Bertz CT molecular complexity index is 1010. The molecule has 0 bridgehead atoms. The number of nitrogens with zero attached hydrogens (tertiary/aromatic N) is 2. The maximum atomic E-state index is 11.3. The second-order valence-corrected chi connectivity index (χ2v) is 7.77.